The molecule has 0 saturated heterocycles. The monoisotopic (exact) mass is 311 g/mol. The zero-order chi connectivity index (χ0) is 14.8. The molecule has 2 aromatic rings. The average Bonchev–Trinajstić information content (AvgIpc) is 2.38. The van der Waals surface area contributed by atoms with Crippen LogP contribution in [0.5, 0.6) is 0 Å². The highest BCUT2D eigenvalue weighted by Crippen LogP contribution is 2.19. The minimum atomic E-state index is -3.62. The topological polar surface area (TPSA) is 84.3 Å². The summed E-state index contributed by atoms with van der Waals surface area (Å²) in [6.07, 6.45) is 0. The number of hydrogen-bond acceptors (Lipinski definition) is 4. The number of benzene rings is 1. The first kappa shape index (κ1) is 14.5. The number of nitrogens with zero attached hydrogens (tertiary/aromatic N) is 1. The first-order valence-corrected chi connectivity index (χ1v) is 7.59. The highest BCUT2D eigenvalue weighted by atomic mass is 35.5. The minimum Gasteiger partial charge on any atom is -0.477 e. The predicted molar refractivity (Wildman–Crippen MR) is 73.5 cm³/mol. The number of halogens is 1. The largest absolute Gasteiger partial charge is 0.477 e. The Kier molecular flexibility index (Phi) is 4.06. The van der Waals surface area contributed by atoms with E-state index in [2.05, 4.69) is 4.98 Å². The van der Waals surface area contributed by atoms with Crippen molar-refractivity contribution in [2.45, 2.75) is 10.6 Å². The van der Waals surface area contributed by atoms with Crippen LogP contribution in [0.25, 0.3) is 0 Å². The fourth-order valence-corrected chi connectivity index (χ4v) is 3.18. The summed E-state index contributed by atoms with van der Waals surface area (Å²) >= 11 is 5.76. The van der Waals surface area contributed by atoms with Crippen molar-refractivity contribution in [3.63, 3.8) is 0 Å². The maximum atomic E-state index is 12.2. The van der Waals surface area contributed by atoms with Crippen LogP contribution < -0.4 is 0 Å². The molecule has 0 atom stereocenters. The summed E-state index contributed by atoms with van der Waals surface area (Å²) in [6, 6.07) is 10.1. The maximum Gasteiger partial charge on any atom is 0.354 e. The SMILES string of the molecule is O=C(O)c1cccc(CS(=O)(=O)c2cccc(Cl)c2)n1. The summed E-state index contributed by atoms with van der Waals surface area (Å²) in [5.41, 5.74) is -0.0198. The summed E-state index contributed by atoms with van der Waals surface area (Å²) in [6.45, 7) is 0. The Bertz CT molecular complexity index is 758. The number of carbonyl (C=O) groups is 1. The molecule has 0 aliphatic rings. The van der Waals surface area contributed by atoms with Gasteiger partial charge in [-0.05, 0) is 30.3 Å². The number of hydrogen-bond donors (Lipinski definition) is 1. The van der Waals surface area contributed by atoms with E-state index in [4.69, 9.17) is 16.7 Å². The molecule has 0 aliphatic heterocycles. The van der Waals surface area contributed by atoms with E-state index in [1.807, 2.05) is 0 Å². The molecule has 1 N–H and O–H groups in total. The molecule has 0 spiro atoms. The Morgan fingerprint density at radius 2 is 1.90 bits per heavy atom. The van der Waals surface area contributed by atoms with Crippen molar-refractivity contribution in [3.8, 4) is 0 Å². The summed E-state index contributed by atoms with van der Waals surface area (Å²) in [5.74, 6) is -1.58. The quantitative estimate of drug-likeness (QED) is 0.937. The minimum absolute atomic E-state index is 0.0764. The Balaban J connectivity index is 2.33. The third-order valence-corrected chi connectivity index (χ3v) is 4.40. The van der Waals surface area contributed by atoms with E-state index in [-0.39, 0.29) is 22.0 Å². The summed E-state index contributed by atoms with van der Waals surface area (Å²) < 4.78 is 24.4. The van der Waals surface area contributed by atoms with Gasteiger partial charge < -0.3 is 5.11 Å². The average molecular weight is 312 g/mol. The molecule has 0 radical (unpaired) electrons. The molecule has 1 heterocycles. The van der Waals surface area contributed by atoms with Crippen LogP contribution in [0.3, 0.4) is 0 Å². The number of carboxylic acid groups (broad SMARTS) is 1. The van der Waals surface area contributed by atoms with Crippen LogP contribution in [0.2, 0.25) is 5.02 Å². The van der Waals surface area contributed by atoms with E-state index in [0.717, 1.165) is 0 Å². The van der Waals surface area contributed by atoms with Gasteiger partial charge in [-0.15, -0.1) is 0 Å². The number of pyridine rings is 1. The van der Waals surface area contributed by atoms with Crippen molar-refractivity contribution >= 4 is 27.4 Å². The van der Waals surface area contributed by atoms with Crippen LogP contribution in [0.4, 0.5) is 0 Å². The third kappa shape index (κ3) is 3.34. The van der Waals surface area contributed by atoms with Gasteiger partial charge in [-0.3, -0.25) is 0 Å². The lowest BCUT2D eigenvalue weighted by molar-refractivity contribution is 0.0690. The summed E-state index contributed by atoms with van der Waals surface area (Å²) in [4.78, 5) is 14.7. The van der Waals surface area contributed by atoms with E-state index in [9.17, 15) is 13.2 Å². The number of sulfone groups is 1. The number of aromatic carboxylic acids is 1. The molecule has 0 unspecified atom stereocenters. The van der Waals surface area contributed by atoms with Crippen LogP contribution in [-0.4, -0.2) is 24.5 Å². The van der Waals surface area contributed by atoms with Gasteiger partial charge >= 0.3 is 5.97 Å². The molecule has 0 bridgehead atoms. The van der Waals surface area contributed by atoms with E-state index in [1.165, 1.54) is 36.4 Å². The zero-order valence-electron chi connectivity index (χ0n) is 10.2. The highest BCUT2D eigenvalue weighted by Gasteiger charge is 2.17. The maximum absolute atomic E-state index is 12.2. The number of aromatic nitrogens is 1. The van der Waals surface area contributed by atoms with Gasteiger partial charge in [0.2, 0.25) is 0 Å². The van der Waals surface area contributed by atoms with Gasteiger partial charge in [-0.1, -0.05) is 23.7 Å². The molecule has 104 valence electrons. The van der Waals surface area contributed by atoms with Gasteiger partial charge in [0.05, 0.1) is 16.3 Å². The van der Waals surface area contributed by atoms with Gasteiger partial charge in [0.15, 0.2) is 9.84 Å². The van der Waals surface area contributed by atoms with E-state index in [1.54, 1.807) is 6.07 Å². The third-order valence-electron chi connectivity index (χ3n) is 2.52. The van der Waals surface area contributed by atoms with Gasteiger partial charge in [0.1, 0.15) is 5.69 Å². The van der Waals surface area contributed by atoms with Crippen molar-refractivity contribution in [2.24, 2.45) is 0 Å². The van der Waals surface area contributed by atoms with E-state index >= 15 is 0 Å². The molecule has 0 saturated carbocycles. The number of rotatable bonds is 4. The Hall–Kier alpha value is -1.92. The fraction of sp³-hybridized carbons (Fsp3) is 0.0769. The van der Waals surface area contributed by atoms with Crippen LogP contribution >= 0.6 is 11.6 Å². The lowest BCUT2D eigenvalue weighted by Crippen LogP contribution is -2.09. The van der Waals surface area contributed by atoms with Gasteiger partial charge in [-0.25, -0.2) is 18.2 Å². The Labute approximate surface area is 120 Å². The van der Waals surface area contributed by atoms with Crippen molar-refractivity contribution in [3.05, 3.63) is 58.9 Å². The first-order valence-electron chi connectivity index (χ1n) is 5.56. The van der Waals surface area contributed by atoms with Crippen LogP contribution in [0, 0.1) is 0 Å². The second-order valence-electron chi connectivity index (χ2n) is 4.04. The molecular weight excluding hydrogens is 302 g/mol. The van der Waals surface area contributed by atoms with Gasteiger partial charge in [0, 0.05) is 5.02 Å². The van der Waals surface area contributed by atoms with Gasteiger partial charge in [0.25, 0.3) is 0 Å². The smallest absolute Gasteiger partial charge is 0.354 e. The van der Waals surface area contributed by atoms with Crippen LogP contribution in [0.15, 0.2) is 47.4 Å². The Morgan fingerprint density at radius 3 is 2.55 bits per heavy atom. The predicted octanol–water partition coefficient (Wildman–Crippen LogP) is 2.41. The molecule has 20 heavy (non-hydrogen) atoms. The molecule has 5 nitrogen and oxygen atoms in total. The van der Waals surface area contributed by atoms with Gasteiger partial charge in [-0.2, -0.15) is 0 Å². The molecule has 0 amide bonds. The van der Waals surface area contributed by atoms with Crippen molar-refractivity contribution in [1.29, 1.82) is 0 Å². The zero-order valence-corrected chi connectivity index (χ0v) is 11.7. The highest BCUT2D eigenvalue weighted by molar-refractivity contribution is 7.90. The summed E-state index contributed by atoms with van der Waals surface area (Å²) in [5, 5.41) is 9.15. The molecular formula is C13H10ClNO4S. The molecule has 7 heteroatoms. The second-order valence-corrected chi connectivity index (χ2v) is 6.46. The molecule has 0 fully saturated rings. The number of carboxylic acids is 1. The molecule has 1 aromatic carbocycles. The summed E-state index contributed by atoms with van der Waals surface area (Å²) in [7, 11) is -3.62. The first-order chi connectivity index (χ1) is 9.38. The molecule has 0 aliphatic carbocycles. The van der Waals surface area contributed by atoms with E-state index < -0.39 is 15.8 Å². The Morgan fingerprint density at radius 1 is 1.20 bits per heavy atom. The lowest BCUT2D eigenvalue weighted by Gasteiger charge is -2.05. The van der Waals surface area contributed by atoms with Crippen molar-refractivity contribution in [1.82, 2.24) is 4.98 Å². The molecule has 1 aromatic heterocycles. The standard InChI is InChI=1S/C13H10ClNO4S/c14-9-3-1-5-11(7-9)20(18,19)8-10-4-2-6-12(15-10)13(16)17/h1-7H,8H2,(H,16,17). The van der Waals surface area contributed by atoms with Crippen LogP contribution in [0.1, 0.15) is 16.2 Å². The fourth-order valence-electron chi connectivity index (χ4n) is 1.62. The van der Waals surface area contributed by atoms with Crippen LogP contribution in [-0.2, 0) is 15.6 Å². The van der Waals surface area contributed by atoms with Crippen molar-refractivity contribution < 1.29 is 18.3 Å². The van der Waals surface area contributed by atoms with E-state index in [0.29, 0.717) is 5.02 Å². The second kappa shape index (κ2) is 5.60. The van der Waals surface area contributed by atoms with Crippen molar-refractivity contribution in [2.75, 3.05) is 0 Å². The lowest BCUT2D eigenvalue weighted by atomic mass is 10.3. The molecule has 2 rings (SSSR count). The normalized spacial score (nSPS) is 11.2.